The molecule has 0 saturated heterocycles. The third-order valence-electron chi connectivity index (χ3n) is 2.89. The van der Waals surface area contributed by atoms with E-state index in [0.717, 1.165) is 12.8 Å². The SMILES string of the molecule is CCCC(CCO)CNC(=O)c1cccc(O)c1. The first-order valence-electron chi connectivity index (χ1n) is 6.35. The van der Waals surface area contributed by atoms with Gasteiger partial charge >= 0.3 is 0 Å². The van der Waals surface area contributed by atoms with Crippen molar-refractivity contribution < 1.29 is 15.0 Å². The van der Waals surface area contributed by atoms with Gasteiger partial charge in [0.1, 0.15) is 5.75 Å². The van der Waals surface area contributed by atoms with E-state index in [1.807, 2.05) is 0 Å². The van der Waals surface area contributed by atoms with Crippen molar-refractivity contribution in [3.63, 3.8) is 0 Å². The number of aromatic hydroxyl groups is 1. The maximum atomic E-state index is 11.8. The van der Waals surface area contributed by atoms with Gasteiger partial charge in [-0.1, -0.05) is 19.4 Å². The van der Waals surface area contributed by atoms with Crippen LogP contribution in [0.5, 0.6) is 5.75 Å². The van der Waals surface area contributed by atoms with E-state index in [2.05, 4.69) is 12.2 Å². The predicted molar refractivity (Wildman–Crippen MR) is 70.5 cm³/mol. The van der Waals surface area contributed by atoms with E-state index in [-0.39, 0.29) is 18.3 Å². The number of carbonyl (C=O) groups is 1. The molecule has 1 atom stereocenters. The Morgan fingerprint density at radius 3 is 2.78 bits per heavy atom. The van der Waals surface area contributed by atoms with Crippen molar-refractivity contribution >= 4 is 5.91 Å². The number of hydrogen-bond acceptors (Lipinski definition) is 3. The molecule has 0 aliphatic rings. The molecule has 0 heterocycles. The third kappa shape index (κ3) is 4.75. The smallest absolute Gasteiger partial charge is 0.251 e. The van der Waals surface area contributed by atoms with Crippen LogP contribution in [-0.2, 0) is 0 Å². The van der Waals surface area contributed by atoms with E-state index >= 15 is 0 Å². The number of rotatable bonds is 7. The zero-order chi connectivity index (χ0) is 13.4. The van der Waals surface area contributed by atoms with Gasteiger partial charge in [0.05, 0.1) is 0 Å². The van der Waals surface area contributed by atoms with Crippen LogP contribution >= 0.6 is 0 Å². The van der Waals surface area contributed by atoms with Crippen LogP contribution in [0.3, 0.4) is 0 Å². The van der Waals surface area contributed by atoms with Gasteiger partial charge in [0.25, 0.3) is 5.91 Å². The molecule has 100 valence electrons. The second-order valence-electron chi connectivity index (χ2n) is 4.43. The van der Waals surface area contributed by atoms with Crippen molar-refractivity contribution in [1.82, 2.24) is 5.32 Å². The summed E-state index contributed by atoms with van der Waals surface area (Å²) in [5.74, 6) is 0.203. The molecule has 0 spiro atoms. The van der Waals surface area contributed by atoms with Crippen LogP contribution in [0.15, 0.2) is 24.3 Å². The highest BCUT2D eigenvalue weighted by atomic mass is 16.3. The summed E-state index contributed by atoms with van der Waals surface area (Å²) < 4.78 is 0. The molecule has 1 amide bonds. The minimum Gasteiger partial charge on any atom is -0.508 e. The van der Waals surface area contributed by atoms with E-state index in [0.29, 0.717) is 24.4 Å². The Hall–Kier alpha value is -1.55. The van der Waals surface area contributed by atoms with Crippen molar-refractivity contribution in [2.24, 2.45) is 5.92 Å². The molecule has 0 fully saturated rings. The van der Waals surface area contributed by atoms with E-state index in [9.17, 15) is 9.90 Å². The van der Waals surface area contributed by atoms with Crippen LogP contribution in [-0.4, -0.2) is 29.3 Å². The van der Waals surface area contributed by atoms with Gasteiger partial charge < -0.3 is 15.5 Å². The van der Waals surface area contributed by atoms with E-state index in [4.69, 9.17) is 5.11 Å². The molecule has 1 aromatic carbocycles. The third-order valence-corrected chi connectivity index (χ3v) is 2.89. The summed E-state index contributed by atoms with van der Waals surface area (Å²) >= 11 is 0. The second kappa shape index (κ2) is 7.71. The van der Waals surface area contributed by atoms with Crippen molar-refractivity contribution in [3.8, 4) is 5.75 Å². The summed E-state index contributed by atoms with van der Waals surface area (Å²) in [6.07, 6.45) is 2.72. The number of amides is 1. The summed E-state index contributed by atoms with van der Waals surface area (Å²) in [5, 5.41) is 21.1. The Labute approximate surface area is 108 Å². The summed E-state index contributed by atoms with van der Waals surface area (Å²) in [6.45, 7) is 2.79. The topological polar surface area (TPSA) is 69.6 Å². The molecule has 1 aromatic rings. The minimum atomic E-state index is -0.190. The van der Waals surface area contributed by atoms with Gasteiger partial charge in [-0.15, -0.1) is 0 Å². The van der Waals surface area contributed by atoms with Crippen LogP contribution in [0.25, 0.3) is 0 Å². The largest absolute Gasteiger partial charge is 0.508 e. The highest BCUT2D eigenvalue weighted by Gasteiger charge is 2.10. The molecule has 0 bridgehead atoms. The Balaban J connectivity index is 2.49. The molecule has 4 nitrogen and oxygen atoms in total. The highest BCUT2D eigenvalue weighted by molar-refractivity contribution is 5.94. The van der Waals surface area contributed by atoms with Gasteiger partial charge in [-0.25, -0.2) is 0 Å². The van der Waals surface area contributed by atoms with Crippen LogP contribution in [0.1, 0.15) is 36.5 Å². The normalized spacial score (nSPS) is 12.1. The van der Waals surface area contributed by atoms with Gasteiger partial charge in [0.2, 0.25) is 0 Å². The Morgan fingerprint density at radius 1 is 1.39 bits per heavy atom. The maximum Gasteiger partial charge on any atom is 0.251 e. The molecule has 0 saturated carbocycles. The van der Waals surface area contributed by atoms with E-state index < -0.39 is 0 Å². The Morgan fingerprint density at radius 2 is 2.17 bits per heavy atom. The van der Waals surface area contributed by atoms with Crippen molar-refractivity contribution in [2.45, 2.75) is 26.2 Å². The molecule has 1 unspecified atom stereocenters. The standard InChI is InChI=1S/C14H21NO3/c1-2-4-11(7-8-16)10-15-14(18)12-5-3-6-13(17)9-12/h3,5-6,9,11,16-17H,2,4,7-8,10H2,1H3,(H,15,18). The lowest BCUT2D eigenvalue weighted by atomic mass is 10.00. The monoisotopic (exact) mass is 251 g/mol. The highest BCUT2D eigenvalue weighted by Crippen LogP contribution is 2.12. The zero-order valence-corrected chi connectivity index (χ0v) is 10.7. The molecular formula is C14H21NO3. The molecule has 0 aromatic heterocycles. The van der Waals surface area contributed by atoms with Gasteiger partial charge in [-0.3, -0.25) is 4.79 Å². The molecule has 3 N–H and O–H groups in total. The molecule has 4 heteroatoms. The lowest BCUT2D eigenvalue weighted by Gasteiger charge is -2.15. The average molecular weight is 251 g/mol. The zero-order valence-electron chi connectivity index (χ0n) is 10.7. The number of benzene rings is 1. The van der Waals surface area contributed by atoms with Gasteiger partial charge in [-0.05, 0) is 37.0 Å². The van der Waals surface area contributed by atoms with Crippen LogP contribution in [0.2, 0.25) is 0 Å². The van der Waals surface area contributed by atoms with Crippen LogP contribution in [0.4, 0.5) is 0 Å². The number of phenolic OH excluding ortho intramolecular Hbond substituents is 1. The molecular weight excluding hydrogens is 230 g/mol. The number of nitrogens with one attached hydrogen (secondary N) is 1. The van der Waals surface area contributed by atoms with Gasteiger partial charge in [0.15, 0.2) is 0 Å². The minimum absolute atomic E-state index is 0.0862. The number of phenols is 1. The first kappa shape index (κ1) is 14.5. The molecule has 18 heavy (non-hydrogen) atoms. The first-order valence-corrected chi connectivity index (χ1v) is 6.35. The van der Waals surface area contributed by atoms with Crippen LogP contribution in [0, 0.1) is 5.92 Å². The fraction of sp³-hybridized carbons (Fsp3) is 0.500. The molecule has 1 rings (SSSR count). The van der Waals surface area contributed by atoms with Gasteiger partial charge in [-0.2, -0.15) is 0 Å². The summed E-state index contributed by atoms with van der Waals surface area (Å²) in [7, 11) is 0. The van der Waals surface area contributed by atoms with Gasteiger partial charge in [0, 0.05) is 18.7 Å². The fourth-order valence-electron chi connectivity index (χ4n) is 1.93. The lowest BCUT2D eigenvalue weighted by molar-refractivity contribution is 0.0942. The number of aliphatic hydroxyl groups is 1. The fourth-order valence-corrected chi connectivity index (χ4v) is 1.93. The maximum absolute atomic E-state index is 11.8. The summed E-state index contributed by atoms with van der Waals surface area (Å²) in [6, 6.07) is 6.27. The summed E-state index contributed by atoms with van der Waals surface area (Å²) in [5.41, 5.74) is 0.453. The molecule has 0 aliphatic carbocycles. The number of hydrogen-bond donors (Lipinski definition) is 3. The summed E-state index contributed by atoms with van der Waals surface area (Å²) in [4.78, 5) is 11.8. The van der Waals surface area contributed by atoms with Crippen molar-refractivity contribution in [3.05, 3.63) is 29.8 Å². The van der Waals surface area contributed by atoms with Crippen LogP contribution < -0.4 is 5.32 Å². The van der Waals surface area contributed by atoms with Crippen molar-refractivity contribution in [2.75, 3.05) is 13.2 Å². The quantitative estimate of drug-likeness (QED) is 0.693. The lowest BCUT2D eigenvalue weighted by Crippen LogP contribution is -2.29. The van der Waals surface area contributed by atoms with E-state index in [1.165, 1.54) is 12.1 Å². The Bertz CT molecular complexity index is 373. The van der Waals surface area contributed by atoms with E-state index in [1.54, 1.807) is 12.1 Å². The molecule has 0 radical (unpaired) electrons. The number of aliphatic hydroxyl groups excluding tert-OH is 1. The average Bonchev–Trinajstić information content (AvgIpc) is 2.36. The first-order chi connectivity index (χ1) is 8.67. The predicted octanol–water partition coefficient (Wildman–Crippen LogP) is 1.92. The molecule has 0 aliphatic heterocycles. The second-order valence-corrected chi connectivity index (χ2v) is 4.43. The Kier molecular flexibility index (Phi) is 6.22. The van der Waals surface area contributed by atoms with Crippen molar-refractivity contribution in [1.29, 1.82) is 0 Å². The number of carbonyl (C=O) groups excluding carboxylic acids is 1.